The van der Waals surface area contributed by atoms with Crippen LogP contribution in [0.2, 0.25) is 0 Å². The second kappa shape index (κ2) is 7.85. The Morgan fingerprint density at radius 1 is 1.17 bits per heavy atom. The first-order valence-corrected chi connectivity index (χ1v) is 10.2. The van der Waals surface area contributed by atoms with Crippen LogP contribution >= 0.6 is 15.9 Å². The zero-order chi connectivity index (χ0) is 20.5. The predicted octanol–water partition coefficient (Wildman–Crippen LogP) is 2.47. The number of anilines is 2. The molecule has 1 aliphatic heterocycles. The molecule has 0 amide bonds. The lowest BCUT2D eigenvalue weighted by molar-refractivity contribution is 0.250. The van der Waals surface area contributed by atoms with Crippen LogP contribution < -0.4 is 16.2 Å². The van der Waals surface area contributed by atoms with Crippen molar-refractivity contribution in [3.05, 3.63) is 62.5 Å². The molecular weight excluding hydrogens is 432 g/mol. The average molecular weight is 453 g/mol. The highest BCUT2D eigenvalue weighted by atomic mass is 79.9. The van der Waals surface area contributed by atoms with Gasteiger partial charge in [-0.15, -0.1) is 0 Å². The molecule has 1 fully saturated rings. The Morgan fingerprint density at radius 3 is 2.59 bits per heavy atom. The minimum atomic E-state index is -0.293. The summed E-state index contributed by atoms with van der Waals surface area (Å²) < 4.78 is 2.16. The highest BCUT2D eigenvalue weighted by Gasteiger charge is 2.25. The van der Waals surface area contributed by atoms with Gasteiger partial charge in [0.2, 0.25) is 0 Å². The van der Waals surface area contributed by atoms with Gasteiger partial charge >= 0.3 is 0 Å². The van der Waals surface area contributed by atoms with Gasteiger partial charge in [0.05, 0.1) is 11.2 Å². The SMILES string of the molecule is Cn1c(=O)c(C#N)c(N2CCN(Cc3ccccc3N)CC2)c2nc(Br)ccc21. The zero-order valence-corrected chi connectivity index (χ0v) is 17.7. The van der Waals surface area contributed by atoms with Crippen LogP contribution in [-0.2, 0) is 13.6 Å². The van der Waals surface area contributed by atoms with Gasteiger partial charge in [-0.1, -0.05) is 18.2 Å². The smallest absolute Gasteiger partial charge is 0.270 e. The van der Waals surface area contributed by atoms with Gasteiger partial charge in [-0.25, -0.2) is 4.98 Å². The van der Waals surface area contributed by atoms with E-state index in [1.807, 2.05) is 30.3 Å². The van der Waals surface area contributed by atoms with Crippen molar-refractivity contribution in [1.82, 2.24) is 14.5 Å². The van der Waals surface area contributed by atoms with Gasteiger partial charge in [-0.05, 0) is 39.7 Å². The van der Waals surface area contributed by atoms with Gasteiger partial charge in [-0.3, -0.25) is 9.69 Å². The van der Waals surface area contributed by atoms with Crippen LogP contribution in [-0.4, -0.2) is 40.6 Å². The third-order valence-corrected chi connectivity index (χ3v) is 5.87. The Hall–Kier alpha value is -2.89. The van der Waals surface area contributed by atoms with E-state index in [0.717, 1.165) is 30.9 Å². The molecule has 1 aliphatic rings. The largest absolute Gasteiger partial charge is 0.398 e. The number of nitrogens with two attached hydrogens (primary N) is 1. The molecule has 1 saturated heterocycles. The number of piperazine rings is 1. The molecule has 8 heteroatoms. The summed E-state index contributed by atoms with van der Waals surface area (Å²) in [4.78, 5) is 21.8. The number of halogens is 1. The van der Waals surface area contributed by atoms with Crippen molar-refractivity contribution < 1.29 is 0 Å². The van der Waals surface area contributed by atoms with E-state index in [0.29, 0.717) is 34.4 Å². The van der Waals surface area contributed by atoms with E-state index in [1.165, 1.54) is 4.57 Å². The van der Waals surface area contributed by atoms with Crippen LogP contribution in [0.1, 0.15) is 11.1 Å². The highest BCUT2D eigenvalue weighted by molar-refractivity contribution is 9.10. The molecule has 2 N–H and O–H groups in total. The number of aryl methyl sites for hydroxylation is 1. The standard InChI is InChI=1S/C21H21BrN6O/c1-26-17-6-7-18(22)25-19(17)20(15(12-23)21(26)29)28-10-8-27(9-11-28)13-14-4-2-3-5-16(14)24/h2-7H,8-11,13,24H2,1H3. The summed E-state index contributed by atoms with van der Waals surface area (Å²) in [6.45, 7) is 3.82. The maximum Gasteiger partial charge on any atom is 0.270 e. The van der Waals surface area contributed by atoms with E-state index in [4.69, 9.17) is 5.73 Å². The first-order valence-electron chi connectivity index (χ1n) is 9.39. The quantitative estimate of drug-likeness (QED) is 0.484. The van der Waals surface area contributed by atoms with Crippen LogP contribution in [0.15, 0.2) is 45.8 Å². The maximum absolute atomic E-state index is 12.8. The molecule has 7 nitrogen and oxygen atoms in total. The van der Waals surface area contributed by atoms with E-state index in [-0.39, 0.29) is 11.1 Å². The second-order valence-electron chi connectivity index (χ2n) is 7.16. The molecule has 0 unspecified atom stereocenters. The van der Waals surface area contributed by atoms with Gasteiger partial charge in [0.15, 0.2) is 0 Å². The number of fused-ring (bicyclic) bond motifs is 1. The lowest BCUT2D eigenvalue weighted by atomic mass is 10.1. The number of rotatable bonds is 3. The number of benzene rings is 1. The molecule has 2 aromatic heterocycles. The van der Waals surface area contributed by atoms with E-state index < -0.39 is 0 Å². The third-order valence-electron chi connectivity index (χ3n) is 5.43. The lowest BCUT2D eigenvalue weighted by Gasteiger charge is -2.36. The average Bonchev–Trinajstić information content (AvgIpc) is 2.73. The van der Waals surface area contributed by atoms with Crippen molar-refractivity contribution in [1.29, 1.82) is 5.26 Å². The van der Waals surface area contributed by atoms with Crippen molar-refractivity contribution in [3.8, 4) is 6.07 Å². The van der Waals surface area contributed by atoms with Gasteiger partial charge in [0.25, 0.3) is 5.56 Å². The first-order chi connectivity index (χ1) is 14.0. The molecule has 0 aliphatic carbocycles. The summed E-state index contributed by atoms with van der Waals surface area (Å²) in [5.41, 5.74) is 9.85. The number of pyridine rings is 2. The van der Waals surface area contributed by atoms with Crippen LogP contribution in [0.25, 0.3) is 11.0 Å². The van der Waals surface area contributed by atoms with E-state index >= 15 is 0 Å². The maximum atomic E-state index is 12.8. The molecule has 0 atom stereocenters. The van der Waals surface area contributed by atoms with Crippen molar-refractivity contribution in [3.63, 3.8) is 0 Å². The third kappa shape index (κ3) is 3.59. The van der Waals surface area contributed by atoms with E-state index in [2.05, 4.69) is 36.8 Å². The number of para-hydroxylation sites is 1. The Labute approximate surface area is 177 Å². The number of nitrogens with zero attached hydrogens (tertiary/aromatic N) is 5. The molecule has 0 spiro atoms. The van der Waals surface area contributed by atoms with Crippen LogP contribution in [0.5, 0.6) is 0 Å². The van der Waals surface area contributed by atoms with Crippen molar-refractivity contribution in [2.75, 3.05) is 36.8 Å². The Balaban J connectivity index is 1.66. The van der Waals surface area contributed by atoms with Crippen molar-refractivity contribution >= 4 is 38.3 Å². The van der Waals surface area contributed by atoms with Gasteiger partial charge < -0.3 is 15.2 Å². The fraction of sp³-hybridized carbons (Fsp3) is 0.286. The summed E-state index contributed by atoms with van der Waals surface area (Å²) in [5, 5.41) is 9.71. The summed E-state index contributed by atoms with van der Waals surface area (Å²) in [7, 11) is 1.67. The topological polar surface area (TPSA) is 91.2 Å². The molecule has 1 aromatic carbocycles. The Bertz CT molecular complexity index is 1170. The number of nitriles is 1. The molecule has 29 heavy (non-hydrogen) atoms. The predicted molar refractivity (Wildman–Crippen MR) is 118 cm³/mol. The first kappa shape index (κ1) is 19.4. The molecule has 3 aromatic rings. The summed E-state index contributed by atoms with van der Waals surface area (Å²) >= 11 is 3.41. The zero-order valence-electron chi connectivity index (χ0n) is 16.1. The normalized spacial score (nSPS) is 14.9. The fourth-order valence-electron chi connectivity index (χ4n) is 3.83. The van der Waals surface area contributed by atoms with Gasteiger partial charge in [-0.2, -0.15) is 5.26 Å². The Morgan fingerprint density at radius 2 is 1.90 bits per heavy atom. The summed E-state index contributed by atoms with van der Waals surface area (Å²) in [5.74, 6) is 0. The van der Waals surface area contributed by atoms with Crippen LogP contribution in [0, 0.1) is 11.3 Å². The number of nitrogen functional groups attached to an aromatic ring is 1. The molecule has 0 saturated carbocycles. The Kier molecular flexibility index (Phi) is 5.26. The molecule has 4 rings (SSSR count). The molecule has 3 heterocycles. The highest BCUT2D eigenvalue weighted by Crippen LogP contribution is 2.29. The molecule has 0 radical (unpaired) electrons. The lowest BCUT2D eigenvalue weighted by Crippen LogP contribution is -2.47. The number of hydrogen-bond donors (Lipinski definition) is 1. The van der Waals surface area contributed by atoms with E-state index in [1.54, 1.807) is 13.1 Å². The molecule has 148 valence electrons. The van der Waals surface area contributed by atoms with Crippen molar-refractivity contribution in [2.45, 2.75) is 6.54 Å². The van der Waals surface area contributed by atoms with Crippen LogP contribution in [0.3, 0.4) is 0 Å². The second-order valence-corrected chi connectivity index (χ2v) is 7.98. The van der Waals surface area contributed by atoms with Gasteiger partial charge in [0.1, 0.15) is 21.8 Å². The summed E-state index contributed by atoms with van der Waals surface area (Å²) in [6, 6.07) is 13.7. The minimum absolute atomic E-state index is 0.145. The monoisotopic (exact) mass is 452 g/mol. The molecule has 0 bridgehead atoms. The minimum Gasteiger partial charge on any atom is -0.398 e. The number of aromatic nitrogens is 2. The molecular formula is C21H21BrN6O. The van der Waals surface area contributed by atoms with Crippen molar-refractivity contribution in [2.24, 2.45) is 7.05 Å². The fourth-order valence-corrected chi connectivity index (χ4v) is 4.14. The number of hydrogen-bond acceptors (Lipinski definition) is 6. The summed E-state index contributed by atoms with van der Waals surface area (Å²) in [6.07, 6.45) is 0. The van der Waals surface area contributed by atoms with E-state index in [9.17, 15) is 10.1 Å². The van der Waals surface area contributed by atoms with Crippen LogP contribution in [0.4, 0.5) is 11.4 Å². The van der Waals surface area contributed by atoms with Gasteiger partial charge in [0, 0.05) is 45.5 Å².